The molecular weight excluding hydrogens is 278 g/mol. The van der Waals surface area contributed by atoms with Crippen LogP contribution in [0.25, 0.3) is 0 Å². The van der Waals surface area contributed by atoms with Crippen molar-refractivity contribution >= 4 is 5.96 Å². The van der Waals surface area contributed by atoms with Crippen molar-refractivity contribution in [3.05, 3.63) is 30.1 Å². The second-order valence-corrected chi connectivity index (χ2v) is 5.88. The molecule has 2 heterocycles. The molecule has 1 fully saturated rings. The quantitative estimate of drug-likeness (QED) is 0.612. The van der Waals surface area contributed by atoms with Gasteiger partial charge in [0.2, 0.25) is 0 Å². The molecule has 0 saturated carbocycles. The van der Waals surface area contributed by atoms with Crippen LogP contribution in [0.3, 0.4) is 0 Å². The van der Waals surface area contributed by atoms with Gasteiger partial charge in [-0.05, 0) is 11.6 Å². The molecule has 1 aliphatic heterocycles. The summed E-state index contributed by atoms with van der Waals surface area (Å²) in [7, 11) is 8.08. The maximum Gasteiger partial charge on any atom is 0.195 e. The number of aliphatic imine (C=N–C) groups is 1. The summed E-state index contributed by atoms with van der Waals surface area (Å²) in [6, 6.07) is 4.37. The first-order valence-corrected chi connectivity index (χ1v) is 7.70. The van der Waals surface area contributed by atoms with Gasteiger partial charge in [-0.15, -0.1) is 0 Å². The maximum atomic E-state index is 5.48. The number of hydrogen-bond acceptors (Lipinski definition) is 4. The van der Waals surface area contributed by atoms with Crippen molar-refractivity contribution in [3.8, 4) is 0 Å². The second kappa shape index (κ2) is 8.10. The highest BCUT2D eigenvalue weighted by Gasteiger charge is 2.23. The van der Waals surface area contributed by atoms with Gasteiger partial charge in [-0.25, -0.2) is 0 Å². The fourth-order valence-electron chi connectivity index (χ4n) is 2.74. The molecule has 2 rings (SSSR count). The smallest absolute Gasteiger partial charge is 0.195 e. The first kappa shape index (κ1) is 16.7. The highest BCUT2D eigenvalue weighted by Crippen LogP contribution is 2.21. The number of morpholine rings is 1. The molecule has 0 bridgehead atoms. The molecule has 122 valence electrons. The third-order valence-corrected chi connectivity index (χ3v) is 3.76. The molecule has 0 aliphatic carbocycles. The van der Waals surface area contributed by atoms with E-state index in [0.29, 0.717) is 0 Å². The average Bonchev–Trinajstić information content (AvgIpc) is 2.52. The monoisotopic (exact) mass is 305 g/mol. The Morgan fingerprint density at radius 1 is 1.27 bits per heavy atom. The van der Waals surface area contributed by atoms with Gasteiger partial charge >= 0.3 is 0 Å². The van der Waals surface area contributed by atoms with Crippen LogP contribution in [0, 0.1) is 0 Å². The third-order valence-electron chi connectivity index (χ3n) is 3.76. The van der Waals surface area contributed by atoms with E-state index in [2.05, 4.69) is 16.0 Å². The predicted octanol–water partition coefficient (Wildman–Crippen LogP) is 0.934. The topological polar surface area (TPSA) is 44.2 Å². The summed E-state index contributed by atoms with van der Waals surface area (Å²) >= 11 is 0. The molecule has 1 aliphatic rings. The van der Waals surface area contributed by atoms with E-state index in [9.17, 15) is 0 Å². The molecular formula is C16H27N5O. The second-order valence-electron chi connectivity index (χ2n) is 5.88. The Balaban J connectivity index is 2.19. The van der Waals surface area contributed by atoms with Crippen LogP contribution in [0.15, 0.2) is 29.5 Å². The van der Waals surface area contributed by atoms with Crippen LogP contribution >= 0.6 is 0 Å². The Bertz CT molecular complexity index is 459. The fraction of sp³-hybridized carbons (Fsp3) is 0.625. The fourth-order valence-corrected chi connectivity index (χ4v) is 2.74. The minimum absolute atomic E-state index is 0.243. The number of rotatable bonds is 4. The lowest BCUT2D eigenvalue weighted by atomic mass is 10.1. The summed E-state index contributed by atoms with van der Waals surface area (Å²) in [6.45, 7) is 4.17. The minimum Gasteiger partial charge on any atom is -0.379 e. The Kier molecular flexibility index (Phi) is 6.15. The zero-order valence-electron chi connectivity index (χ0n) is 14.1. The van der Waals surface area contributed by atoms with Gasteiger partial charge in [-0.2, -0.15) is 0 Å². The Morgan fingerprint density at radius 2 is 1.95 bits per heavy atom. The van der Waals surface area contributed by atoms with E-state index >= 15 is 0 Å². The zero-order valence-corrected chi connectivity index (χ0v) is 14.1. The molecule has 0 aromatic carbocycles. The standard InChI is InChI=1S/C16H27N5O/c1-19(2)16(20(3)4)18-13-15(14-6-5-7-17-12-14)21-8-10-22-11-9-21/h5-7,12,15H,8-11,13H2,1-4H3/t15-/m1/s1. The molecule has 6 nitrogen and oxygen atoms in total. The molecule has 6 heteroatoms. The first-order valence-electron chi connectivity index (χ1n) is 7.70. The van der Waals surface area contributed by atoms with Crippen molar-refractivity contribution in [3.63, 3.8) is 0 Å². The summed E-state index contributed by atoms with van der Waals surface area (Å²) in [5, 5.41) is 0. The van der Waals surface area contributed by atoms with E-state index < -0.39 is 0 Å². The van der Waals surface area contributed by atoms with Gasteiger partial charge in [0.15, 0.2) is 5.96 Å². The minimum atomic E-state index is 0.243. The van der Waals surface area contributed by atoms with Crippen LogP contribution in [0.2, 0.25) is 0 Å². The lowest BCUT2D eigenvalue weighted by Gasteiger charge is -2.34. The van der Waals surface area contributed by atoms with E-state index in [-0.39, 0.29) is 6.04 Å². The SMILES string of the molecule is CN(C)C(=NC[C@H](c1cccnc1)N1CCOCC1)N(C)C. The zero-order chi connectivity index (χ0) is 15.9. The molecule has 0 spiro atoms. The van der Waals surface area contributed by atoms with Gasteiger partial charge in [0.05, 0.1) is 25.8 Å². The van der Waals surface area contributed by atoms with Crippen molar-refractivity contribution in [1.29, 1.82) is 0 Å². The number of aromatic nitrogens is 1. The molecule has 22 heavy (non-hydrogen) atoms. The van der Waals surface area contributed by atoms with Gasteiger partial charge < -0.3 is 14.5 Å². The molecule has 0 amide bonds. The van der Waals surface area contributed by atoms with E-state index in [1.165, 1.54) is 5.56 Å². The van der Waals surface area contributed by atoms with Crippen LogP contribution < -0.4 is 0 Å². The van der Waals surface area contributed by atoms with Crippen molar-refractivity contribution < 1.29 is 4.74 Å². The first-order chi connectivity index (χ1) is 10.6. The molecule has 1 saturated heterocycles. The summed E-state index contributed by atoms with van der Waals surface area (Å²) in [5.74, 6) is 0.974. The lowest BCUT2D eigenvalue weighted by Crippen LogP contribution is -2.41. The number of hydrogen-bond donors (Lipinski definition) is 0. The summed E-state index contributed by atoms with van der Waals surface area (Å²) in [4.78, 5) is 15.6. The van der Waals surface area contributed by atoms with Crippen LogP contribution in [0.4, 0.5) is 0 Å². The Hall–Kier alpha value is -1.66. The number of pyridine rings is 1. The van der Waals surface area contributed by atoms with Gasteiger partial charge in [0.25, 0.3) is 0 Å². The van der Waals surface area contributed by atoms with Crippen molar-refractivity contribution in [2.45, 2.75) is 6.04 Å². The molecule has 1 aromatic heterocycles. The normalized spacial score (nSPS) is 16.9. The third kappa shape index (κ3) is 4.42. The highest BCUT2D eigenvalue weighted by molar-refractivity contribution is 5.79. The largest absolute Gasteiger partial charge is 0.379 e. The van der Waals surface area contributed by atoms with E-state index in [4.69, 9.17) is 9.73 Å². The van der Waals surface area contributed by atoms with E-state index in [0.717, 1.165) is 38.8 Å². The number of ether oxygens (including phenoxy) is 1. The van der Waals surface area contributed by atoms with E-state index in [1.54, 1.807) is 0 Å². The number of guanidine groups is 1. The Labute approximate surface area is 133 Å². The molecule has 1 aromatic rings. The van der Waals surface area contributed by atoms with E-state index in [1.807, 2.05) is 56.5 Å². The summed E-state index contributed by atoms with van der Waals surface area (Å²) < 4.78 is 5.48. The molecule has 0 radical (unpaired) electrons. The molecule has 0 unspecified atom stereocenters. The van der Waals surface area contributed by atoms with Crippen LogP contribution in [-0.4, -0.2) is 86.7 Å². The van der Waals surface area contributed by atoms with Crippen LogP contribution in [-0.2, 0) is 4.74 Å². The van der Waals surface area contributed by atoms with Gasteiger partial charge in [0.1, 0.15) is 0 Å². The highest BCUT2D eigenvalue weighted by atomic mass is 16.5. The molecule has 1 atom stereocenters. The van der Waals surface area contributed by atoms with Crippen molar-refractivity contribution in [2.75, 3.05) is 61.0 Å². The molecule has 0 N–H and O–H groups in total. The Morgan fingerprint density at radius 3 is 2.50 bits per heavy atom. The van der Waals surface area contributed by atoms with Crippen LogP contribution in [0.1, 0.15) is 11.6 Å². The maximum absolute atomic E-state index is 5.48. The number of nitrogens with zero attached hydrogens (tertiary/aromatic N) is 5. The summed E-state index contributed by atoms with van der Waals surface area (Å²) in [6.07, 6.45) is 3.76. The lowest BCUT2D eigenvalue weighted by molar-refractivity contribution is 0.0178. The van der Waals surface area contributed by atoms with Crippen molar-refractivity contribution in [1.82, 2.24) is 19.7 Å². The average molecular weight is 305 g/mol. The predicted molar refractivity (Wildman–Crippen MR) is 89.0 cm³/mol. The van der Waals surface area contributed by atoms with Crippen LogP contribution in [0.5, 0.6) is 0 Å². The summed E-state index contributed by atoms with van der Waals surface area (Å²) in [5.41, 5.74) is 1.21. The van der Waals surface area contributed by atoms with Crippen molar-refractivity contribution in [2.24, 2.45) is 4.99 Å². The van der Waals surface area contributed by atoms with Gasteiger partial charge in [-0.1, -0.05) is 6.07 Å². The van der Waals surface area contributed by atoms with Gasteiger partial charge in [0, 0.05) is 53.7 Å². The van der Waals surface area contributed by atoms with Gasteiger partial charge in [-0.3, -0.25) is 14.9 Å².